The molecule has 2 amide bonds. The zero-order valence-electron chi connectivity index (χ0n) is 18.7. The van der Waals surface area contributed by atoms with Crippen molar-refractivity contribution >= 4 is 12.2 Å². The first-order valence-corrected chi connectivity index (χ1v) is 11.2. The number of hydrogen-bond acceptors (Lipinski definition) is 5. The zero-order valence-corrected chi connectivity index (χ0v) is 18.7. The summed E-state index contributed by atoms with van der Waals surface area (Å²) >= 11 is 0. The molecule has 1 aromatic carbocycles. The first kappa shape index (κ1) is 25.8. The van der Waals surface area contributed by atoms with Gasteiger partial charge in [-0.05, 0) is 37.8 Å². The normalized spacial score (nSPS) is 10.6. The third-order valence-electron chi connectivity index (χ3n) is 4.66. The van der Waals surface area contributed by atoms with Crippen molar-refractivity contribution in [3.63, 3.8) is 0 Å². The molecule has 7 heteroatoms. The Kier molecular flexibility index (Phi) is 15.1. The topological polar surface area (TPSA) is 79.9 Å². The van der Waals surface area contributed by atoms with Crippen LogP contribution >= 0.6 is 0 Å². The molecule has 0 aliphatic carbocycles. The van der Waals surface area contributed by atoms with Crippen LogP contribution in [0.3, 0.4) is 0 Å². The molecule has 0 unspecified atom stereocenters. The van der Waals surface area contributed by atoms with E-state index in [1.165, 1.54) is 5.56 Å². The van der Waals surface area contributed by atoms with Gasteiger partial charge in [-0.2, -0.15) is 0 Å². The number of carbonyl (C=O) groups excluding carboxylic acids is 2. The molecule has 0 radical (unpaired) electrons. The Morgan fingerprint density at radius 2 is 1.33 bits per heavy atom. The SMILES string of the molecule is CCCCNC(=O)OCCN(CCCc1ccccc1)CCOC(=O)NCCCC. The summed E-state index contributed by atoms with van der Waals surface area (Å²) in [5.74, 6) is 0. The number of nitrogens with one attached hydrogen (secondary N) is 2. The Morgan fingerprint density at radius 1 is 0.800 bits per heavy atom. The van der Waals surface area contributed by atoms with E-state index in [1.807, 2.05) is 18.2 Å². The maximum absolute atomic E-state index is 11.7. The summed E-state index contributed by atoms with van der Waals surface area (Å²) in [6, 6.07) is 10.4. The molecule has 0 atom stereocenters. The molecule has 0 saturated heterocycles. The van der Waals surface area contributed by atoms with E-state index in [9.17, 15) is 9.59 Å². The van der Waals surface area contributed by atoms with Crippen LogP contribution in [0.15, 0.2) is 30.3 Å². The number of aryl methyl sites for hydroxylation is 1. The van der Waals surface area contributed by atoms with Gasteiger partial charge in [0, 0.05) is 26.2 Å². The fraction of sp³-hybridized carbons (Fsp3) is 0.652. The molecule has 2 N–H and O–H groups in total. The van der Waals surface area contributed by atoms with Gasteiger partial charge in [-0.15, -0.1) is 0 Å². The number of hydrogen-bond donors (Lipinski definition) is 2. The van der Waals surface area contributed by atoms with Gasteiger partial charge >= 0.3 is 12.2 Å². The van der Waals surface area contributed by atoms with Crippen molar-refractivity contribution in [1.29, 1.82) is 0 Å². The van der Waals surface area contributed by atoms with Crippen molar-refractivity contribution in [2.45, 2.75) is 52.4 Å². The van der Waals surface area contributed by atoms with Crippen LogP contribution in [0.5, 0.6) is 0 Å². The zero-order chi connectivity index (χ0) is 21.9. The van der Waals surface area contributed by atoms with Crippen molar-refractivity contribution in [3.05, 3.63) is 35.9 Å². The summed E-state index contributed by atoms with van der Waals surface area (Å²) in [6.07, 6.45) is 5.15. The standard InChI is InChI=1S/C23H39N3O4/c1-3-5-14-24-22(27)29-19-17-26(16-10-13-21-11-8-7-9-12-21)18-20-30-23(28)25-15-6-4-2/h7-9,11-12H,3-6,10,13-20H2,1-2H3,(H,24,27)(H,25,28). The van der Waals surface area contributed by atoms with Gasteiger partial charge in [-0.1, -0.05) is 57.0 Å². The lowest BCUT2D eigenvalue weighted by Gasteiger charge is -2.22. The highest BCUT2D eigenvalue weighted by molar-refractivity contribution is 5.67. The molecule has 0 aromatic heterocycles. The lowest BCUT2D eigenvalue weighted by molar-refractivity contribution is 0.106. The maximum atomic E-state index is 11.7. The molecule has 170 valence electrons. The number of carbonyl (C=O) groups is 2. The molecule has 0 fully saturated rings. The van der Waals surface area contributed by atoms with E-state index in [2.05, 4.69) is 41.5 Å². The fourth-order valence-electron chi connectivity index (χ4n) is 2.86. The smallest absolute Gasteiger partial charge is 0.407 e. The summed E-state index contributed by atoms with van der Waals surface area (Å²) in [5, 5.41) is 5.49. The second-order valence-corrected chi connectivity index (χ2v) is 7.26. The molecule has 30 heavy (non-hydrogen) atoms. The van der Waals surface area contributed by atoms with E-state index >= 15 is 0 Å². The second kappa shape index (κ2) is 17.6. The predicted octanol–water partition coefficient (Wildman–Crippen LogP) is 3.97. The number of alkyl carbamates (subject to hydrolysis) is 2. The van der Waals surface area contributed by atoms with Gasteiger partial charge in [0.25, 0.3) is 0 Å². The number of ether oxygens (including phenoxy) is 2. The van der Waals surface area contributed by atoms with Crippen molar-refractivity contribution in [2.24, 2.45) is 0 Å². The highest BCUT2D eigenvalue weighted by Gasteiger charge is 2.09. The first-order valence-electron chi connectivity index (χ1n) is 11.2. The lowest BCUT2D eigenvalue weighted by atomic mass is 10.1. The quantitative estimate of drug-likeness (QED) is 0.395. The number of benzene rings is 1. The van der Waals surface area contributed by atoms with E-state index in [0.717, 1.165) is 45.1 Å². The molecule has 0 bridgehead atoms. The monoisotopic (exact) mass is 421 g/mol. The molecular formula is C23H39N3O4. The van der Waals surface area contributed by atoms with Gasteiger partial charge in [0.2, 0.25) is 0 Å². The average molecular weight is 422 g/mol. The summed E-state index contributed by atoms with van der Waals surface area (Å²) in [6.45, 7) is 8.11. The number of rotatable bonds is 16. The molecule has 0 aliphatic rings. The molecule has 7 nitrogen and oxygen atoms in total. The Morgan fingerprint density at radius 3 is 1.83 bits per heavy atom. The molecule has 0 heterocycles. The van der Waals surface area contributed by atoms with Crippen LogP contribution in [0.4, 0.5) is 9.59 Å². The van der Waals surface area contributed by atoms with E-state index in [-0.39, 0.29) is 12.2 Å². The molecule has 0 saturated carbocycles. The summed E-state index contributed by atoms with van der Waals surface area (Å²) in [7, 11) is 0. The highest BCUT2D eigenvalue weighted by Crippen LogP contribution is 2.04. The minimum atomic E-state index is -0.376. The lowest BCUT2D eigenvalue weighted by Crippen LogP contribution is -2.35. The van der Waals surface area contributed by atoms with Crippen molar-refractivity contribution in [2.75, 3.05) is 45.9 Å². The van der Waals surface area contributed by atoms with E-state index in [1.54, 1.807) is 0 Å². The Bertz CT molecular complexity index is 541. The van der Waals surface area contributed by atoms with Crippen LogP contribution in [0, 0.1) is 0 Å². The summed E-state index contributed by atoms with van der Waals surface area (Å²) < 4.78 is 10.5. The van der Waals surface area contributed by atoms with Crippen molar-refractivity contribution in [3.8, 4) is 0 Å². The average Bonchev–Trinajstić information content (AvgIpc) is 2.74. The van der Waals surface area contributed by atoms with Gasteiger partial charge in [-0.25, -0.2) is 9.59 Å². The van der Waals surface area contributed by atoms with E-state index < -0.39 is 0 Å². The summed E-state index contributed by atoms with van der Waals surface area (Å²) in [5.41, 5.74) is 1.30. The third kappa shape index (κ3) is 13.8. The number of amides is 2. The minimum absolute atomic E-state index is 0.311. The van der Waals surface area contributed by atoms with Crippen LogP contribution < -0.4 is 10.6 Å². The number of unbranched alkanes of at least 4 members (excludes halogenated alkanes) is 2. The first-order chi connectivity index (χ1) is 14.7. The van der Waals surface area contributed by atoms with Gasteiger partial charge in [0.05, 0.1) is 0 Å². The Labute approximate surface area is 181 Å². The molecule has 0 aliphatic heterocycles. The molecule has 0 spiro atoms. The fourth-order valence-corrected chi connectivity index (χ4v) is 2.86. The van der Waals surface area contributed by atoms with E-state index in [0.29, 0.717) is 39.4 Å². The van der Waals surface area contributed by atoms with E-state index in [4.69, 9.17) is 9.47 Å². The molecule has 1 rings (SSSR count). The van der Waals surface area contributed by atoms with Crippen LogP contribution in [0.25, 0.3) is 0 Å². The van der Waals surface area contributed by atoms with Crippen molar-refractivity contribution in [1.82, 2.24) is 15.5 Å². The van der Waals surface area contributed by atoms with Gasteiger partial charge in [-0.3, -0.25) is 4.90 Å². The highest BCUT2D eigenvalue weighted by atomic mass is 16.6. The molecular weight excluding hydrogens is 382 g/mol. The Balaban J connectivity index is 2.34. The van der Waals surface area contributed by atoms with Gasteiger partial charge < -0.3 is 20.1 Å². The Hall–Kier alpha value is -2.28. The second-order valence-electron chi connectivity index (χ2n) is 7.26. The maximum Gasteiger partial charge on any atom is 0.407 e. The van der Waals surface area contributed by atoms with Crippen molar-refractivity contribution < 1.29 is 19.1 Å². The van der Waals surface area contributed by atoms with Crippen LogP contribution in [-0.4, -0.2) is 63.0 Å². The van der Waals surface area contributed by atoms with Crippen LogP contribution in [0.1, 0.15) is 51.5 Å². The largest absolute Gasteiger partial charge is 0.448 e. The minimum Gasteiger partial charge on any atom is -0.448 e. The van der Waals surface area contributed by atoms with Crippen LogP contribution in [0.2, 0.25) is 0 Å². The third-order valence-corrected chi connectivity index (χ3v) is 4.66. The van der Waals surface area contributed by atoms with Gasteiger partial charge in [0.1, 0.15) is 13.2 Å². The predicted molar refractivity (Wildman–Crippen MR) is 120 cm³/mol. The van der Waals surface area contributed by atoms with Crippen LogP contribution in [-0.2, 0) is 15.9 Å². The number of nitrogens with zero attached hydrogens (tertiary/aromatic N) is 1. The van der Waals surface area contributed by atoms with Gasteiger partial charge in [0.15, 0.2) is 0 Å². The molecule has 1 aromatic rings. The summed E-state index contributed by atoms with van der Waals surface area (Å²) in [4.78, 5) is 25.6.